The van der Waals surface area contributed by atoms with Crippen LogP contribution in [0.3, 0.4) is 0 Å². The van der Waals surface area contributed by atoms with Gasteiger partial charge in [0.25, 0.3) is 0 Å². The van der Waals surface area contributed by atoms with Crippen LogP contribution < -0.4 is 0 Å². The first-order valence-electron chi connectivity index (χ1n) is 5.66. The van der Waals surface area contributed by atoms with Gasteiger partial charge in [-0.1, -0.05) is 0 Å². The summed E-state index contributed by atoms with van der Waals surface area (Å²) in [5.74, 6) is -2.38. The summed E-state index contributed by atoms with van der Waals surface area (Å²) >= 11 is 0. The molecule has 0 spiro atoms. The molecule has 0 aliphatic heterocycles. The molecule has 0 radical (unpaired) electrons. The Kier molecular flexibility index (Phi) is 3.70. The molecule has 0 aliphatic rings. The van der Waals surface area contributed by atoms with Crippen molar-refractivity contribution in [1.29, 1.82) is 0 Å². The molecule has 2 aromatic rings. The Hall–Kier alpha value is -2.42. The van der Waals surface area contributed by atoms with Crippen LogP contribution in [0.1, 0.15) is 12.7 Å². The highest BCUT2D eigenvalue weighted by molar-refractivity contribution is 5.62. The summed E-state index contributed by atoms with van der Waals surface area (Å²) < 4.78 is 29.2. The van der Waals surface area contributed by atoms with E-state index in [1.165, 1.54) is 4.57 Å². The van der Waals surface area contributed by atoms with E-state index in [1.54, 1.807) is 6.92 Å². The summed E-state index contributed by atoms with van der Waals surface area (Å²) in [6.45, 7) is 1.46. The zero-order valence-corrected chi connectivity index (χ0v) is 10.4. The second kappa shape index (κ2) is 5.29. The number of halogens is 2. The van der Waals surface area contributed by atoms with Gasteiger partial charge in [0, 0.05) is 12.6 Å². The molecule has 0 amide bonds. The number of nitro benzene ring substituents is 1. The van der Waals surface area contributed by atoms with Crippen LogP contribution in [0.4, 0.5) is 14.5 Å². The van der Waals surface area contributed by atoms with Crippen LogP contribution in [0.2, 0.25) is 0 Å². The topological polar surface area (TPSA) is 94.1 Å². The van der Waals surface area contributed by atoms with E-state index in [9.17, 15) is 18.9 Å². The van der Waals surface area contributed by atoms with E-state index in [0.717, 1.165) is 12.1 Å². The Morgan fingerprint density at radius 1 is 1.40 bits per heavy atom. The fraction of sp³-hybridized carbons (Fsp3) is 0.273. The van der Waals surface area contributed by atoms with E-state index in [-0.39, 0.29) is 18.2 Å². The number of hydrogen-bond donors (Lipinski definition) is 1. The summed E-state index contributed by atoms with van der Waals surface area (Å²) in [5, 5.41) is 27.0. The number of hydrogen-bond acceptors (Lipinski definition) is 5. The van der Waals surface area contributed by atoms with Gasteiger partial charge in [-0.2, -0.15) is 4.39 Å². The maximum absolute atomic E-state index is 14.1. The van der Waals surface area contributed by atoms with E-state index in [4.69, 9.17) is 5.11 Å². The molecule has 0 atom stereocenters. The summed E-state index contributed by atoms with van der Waals surface area (Å²) in [6, 6.07) is 1.54. The van der Waals surface area contributed by atoms with Crippen LogP contribution in [0, 0.1) is 21.7 Å². The largest absolute Gasteiger partial charge is 0.388 e. The lowest BCUT2D eigenvalue weighted by molar-refractivity contribution is -0.387. The standard InChI is InChI=1S/C11H10F2N4O3/c1-2-16-8(5-18)14-15-11(16)9-6(12)3-4-7(10(9)13)17(19)20/h3-4,18H,2,5H2,1H3. The summed E-state index contributed by atoms with van der Waals surface area (Å²) in [6.07, 6.45) is 0. The Balaban J connectivity index is 2.72. The van der Waals surface area contributed by atoms with E-state index in [0.29, 0.717) is 0 Å². The first-order chi connectivity index (χ1) is 9.51. The van der Waals surface area contributed by atoms with Crippen LogP contribution in [0.5, 0.6) is 0 Å². The normalized spacial score (nSPS) is 10.8. The molecule has 9 heteroatoms. The fourth-order valence-corrected chi connectivity index (χ4v) is 1.86. The first kappa shape index (κ1) is 14.0. The maximum Gasteiger partial charge on any atom is 0.305 e. The number of aliphatic hydroxyl groups is 1. The molecule has 0 saturated heterocycles. The SMILES string of the molecule is CCn1c(CO)nnc1-c1c(F)ccc([N+](=O)[O-])c1F. The van der Waals surface area contributed by atoms with Crippen molar-refractivity contribution in [2.24, 2.45) is 0 Å². The van der Waals surface area contributed by atoms with Crippen molar-refractivity contribution in [3.8, 4) is 11.4 Å². The minimum absolute atomic E-state index is 0.118. The minimum atomic E-state index is -1.32. The second-order valence-corrected chi connectivity index (χ2v) is 3.85. The van der Waals surface area contributed by atoms with Gasteiger partial charge in [0.1, 0.15) is 12.4 Å². The molecule has 0 unspecified atom stereocenters. The Morgan fingerprint density at radius 3 is 2.65 bits per heavy atom. The Morgan fingerprint density at radius 2 is 2.10 bits per heavy atom. The summed E-state index contributed by atoms with van der Waals surface area (Å²) in [7, 11) is 0. The summed E-state index contributed by atoms with van der Waals surface area (Å²) in [4.78, 5) is 9.75. The monoisotopic (exact) mass is 284 g/mol. The molecule has 106 valence electrons. The van der Waals surface area contributed by atoms with Crippen LogP contribution >= 0.6 is 0 Å². The molecule has 1 N–H and O–H groups in total. The third-order valence-electron chi connectivity index (χ3n) is 2.78. The number of nitro groups is 1. The van der Waals surface area contributed by atoms with E-state index in [2.05, 4.69) is 10.2 Å². The third kappa shape index (κ3) is 2.11. The molecule has 20 heavy (non-hydrogen) atoms. The van der Waals surface area contributed by atoms with Gasteiger partial charge in [-0.05, 0) is 13.0 Å². The molecular formula is C11H10F2N4O3. The molecule has 2 rings (SSSR count). The van der Waals surface area contributed by atoms with E-state index >= 15 is 0 Å². The van der Waals surface area contributed by atoms with Crippen molar-refractivity contribution in [2.45, 2.75) is 20.1 Å². The predicted molar refractivity (Wildman–Crippen MR) is 63.6 cm³/mol. The first-order valence-corrected chi connectivity index (χ1v) is 5.66. The van der Waals surface area contributed by atoms with Crippen molar-refractivity contribution in [2.75, 3.05) is 0 Å². The average Bonchev–Trinajstić information content (AvgIpc) is 2.81. The highest BCUT2D eigenvalue weighted by atomic mass is 19.1. The van der Waals surface area contributed by atoms with Gasteiger partial charge in [0.05, 0.1) is 10.5 Å². The smallest absolute Gasteiger partial charge is 0.305 e. The number of rotatable bonds is 4. The molecule has 0 aliphatic carbocycles. The molecule has 1 aromatic heterocycles. The van der Waals surface area contributed by atoms with Crippen LogP contribution in [0.15, 0.2) is 12.1 Å². The van der Waals surface area contributed by atoms with Crippen molar-refractivity contribution >= 4 is 5.69 Å². The Labute approximate surface area is 111 Å². The fourth-order valence-electron chi connectivity index (χ4n) is 1.86. The van der Waals surface area contributed by atoms with Crippen LogP contribution in [-0.2, 0) is 13.2 Å². The number of benzene rings is 1. The predicted octanol–water partition coefficient (Wildman–Crippen LogP) is 1.64. The zero-order valence-electron chi connectivity index (χ0n) is 10.4. The van der Waals surface area contributed by atoms with Crippen molar-refractivity contribution < 1.29 is 18.8 Å². The van der Waals surface area contributed by atoms with Gasteiger partial charge < -0.3 is 9.67 Å². The second-order valence-electron chi connectivity index (χ2n) is 3.85. The van der Waals surface area contributed by atoms with Crippen molar-refractivity contribution in [3.63, 3.8) is 0 Å². The Bertz CT molecular complexity index is 672. The molecule has 0 saturated carbocycles. The average molecular weight is 284 g/mol. The third-order valence-corrected chi connectivity index (χ3v) is 2.78. The van der Waals surface area contributed by atoms with E-state index in [1.807, 2.05) is 0 Å². The zero-order chi connectivity index (χ0) is 14.9. The van der Waals surface area contributed by atoms with Crippen molar-refractivity contribution in [3.05, 3.63) is 39.7 Å². The molecular weight excluding hydrogens is 274 g/mol. The van der Waals surface area contributed by atoms with Gasteiger partial charge in [-0.25, -0.2) is 4.39 Å². The number of aliphatic hydroxyl groups excluding tert-OH is 1. The summed E-state index contributed by atoms with van der Waals surface area (Å²) in [5.41, 5.74) is -1.48. The van der Waals surface area contributed by atoms with Gasteiger partial charge in [-0.3, -0.25) is 10.1 Å². The van der Waals surface area contributed by atoms with Crippen LogP contribution in [0.25, 0.3) is 11.4 Å². The molecule has 0 bridgehead atoms. The highest BCUT2D eigenvalue weighted by Gasteiger charge is 2.26. The van der Waals surface area contributed by atoms with Crippen LogP contribution in [-0.4, -0.2) is 24.8 Å². The quantitative estimate of drug-likeness (QED) is 0.680. The lowest BCUT2D eigenvalue weighted by Crippen LogP contribution is -2.06. The van der Waals surface area contributed by atoms with E-state index < -0.39 is 34.4 Å². The van der Waals surface area contributed by atoms with Gasteiger partial charge in [0.15, 0.2) is 11.6 Å². The minimum Gasteiger partial charge on any atom is -0.388 e. The maximum atomic E-state index is 14.1. The van der Waals surface area contributed by atoms with Gasteiger partial charge >= 0.3 is 5.69 Å². The van der Waals surface area contributed by atoms with Gasteiger partial charge in [0.2, 0.25) is 5.82 Å². The molecule has 1 aromatic carbocycles. The number of nitrogens with zero attached hydrogens (tertiary/aromatic N) is 4. The molecule has 1 heterocycles. The molecule has 0 fully saturated rings. The van der Waals surface area contributed by atoms with Gasteiger partial charge in [-0.15, -0.1) is 10.2 Å². The molecule has 7 nitrogen and oxygen atoms in total. The van der Waals surface area contributed by atoms with Crippen molar-refractivity contribution in [1.82, 2.24) is 14.8 Å². The lowest BCUT2D eigenvalue weighted by atomic mass is 10.1. The number of aromatic nitrogens is 3. The highest BCUT2D eigenvalue weighted by Crippen LogP contribution is 2.31. The lowest BCUT2D eigenvalue weighted by Gasteiger charge is -2.08.